The van der Waals surface area contributed by atoms with Gasteiger partial charge in [-0.25, -0.2) is 4.79 Å². The molecule has 0 radical (unpaired) electrons. The highest BCUT2D eigenvalue weighted by molar-refractivity contribution is 5.90. The van der Waals surface area contributed by atoms with E-state index in [1.54, 1.807) is 25.3 Å². The molecule has 1 aliphatic rings. The molecule has 0 aromatic heterocycles. The number of hydrogen-bond donors (Lipinski definition) is 1. The van der Waals surface area contributed by atoms with Crippen LogP contribution in [-0.4, -0.2) is 23.8 Å². The van der Waals surface area contributed by atoms with Crippen molar-refractivity contribution >= 4 is 5.97 Å². The van der Waals surface area contributed by atoms with Gasteiger partial charge in [-0.1, -0.05) is 19.9 Å². The lowest BCUT2D eigenvalue weighted by Gasteiger charge is -2.35. The third-order valence-corrected chi connectivity index (χ3v) is 4.95. The van der Waals surface area contributed by atoms with E-state index < -0.39 is 17.7 Å². The third-order valence-electron chi connectivity index (χ3n) is 4.95. The van der Waals surface area contributed by atoms with E-state index in [9.17, 15) is 9.90 Å². The van der Waals surface area contributed by atoms with E-state index in [0.717, 1.165) is 22.4 Å². The summed E-state index contributed by atoms with van der Waals surface area (Å²) in [7, 11) is 1.62. The van der Waals surface area contributed by atoms with Gasteiger partial charge in [0.2, 0.25) is 0 Å². The molecule has 1 atom stereocenters. The molecule has 3 rings (SSSR count). The van der Waals surface area contributed by atoms with Crippen LogP contribution >= 0.6 is 0 Å². The number of esters is 1. The monoisotopic (exact) mass is 400 g/mol. The second-order valence-electron chi connectivity index (χ2n) is 7.65. The molecule has 29 heavy (non-hydrogen) atoms. The van der Waals surface area contributed by atoms with Gasteiger partial charge < -0.3 is 19.3 Å². The molecular formula is C24H32O5. The van der Waals surface area contributed by atoms with Crippen molar-refractivity contribution in [2.24, 2.45) is 0 Å². The molecule has 0 saturated carbocycles. The van der Waals surface area contributed by atoms with Gasteiger partial charge in [0.1, 0.15) is 23.7 Å². The largest absolute Gasteiger partial charge is 0.496 e. The molecule has 0 fully saturated rings. The average Bonchev–Trinajstić information content (AvgIpc) is 2.69. The molecule has 1 heterocycles. The Morgan fingerprint density at radius 1 is 1.21 bits per heavy atom. The van der Waals surface area contributed by atoms with Crippen LogP contribution in [0.2, 0.25) is 0 Å². The van der Waals surface area contributed by atoms with Gasteiger partial charge in [0.15, 0.2) is 0 Å². The molecule has 0 amide bonds. The van der Waals surface area contributed by atoms with Crippen molar-refractivity contribution in [1.29, 1.82) is 0 Å². The lowest BCUT2D eigenvalue weighted by molar-refractivity contribution is 0.0114. The van der Waals surface area contributed by atoms with Crippen LogP contribution < -0.4 is 9.47 Å². The molecule has 1 unspecified atom stereocenters. The summed E-state index contributed by atoms with van der Waals surface area (Å²) >= 11 is 0. The van der Waals surface area contributed by atoms with E-state index >= 15 is 0 Å². The zero-order valence-electron chi connectivity index (χ0n) is 18.5. The van der Waals surface area contributed by atoms with Crippen LogP contribution in [-0.2, 0) is 11.3 Å². The SMILES string of the molecule is CC.COc1cc(COC(=O)c2ccc3c(c2)C(O)CC(C)(C)O3)cc(C)c1C. The summed E-state index contributed by atoms with van der Waals surface area (Å²) in [6.45, 7) is 12.0. The zero-order valence-corrected chi connectivity index (χ0v) is 18.5. The smallest absolute Gasteiger partial charge is 0.338 e. The third kappa shape index (κ3) is 5.30. The van der Waals surface area contributed by atoms with Crippen LogP contribution in [0.25, 0.3) is 0 Å². The van der Waals surface area contributed by atoms with E-state index in [1.807, 2.05) is 53.7 Å². The Balaban J connectivity index is 0.00000145. The molecule has 1 N–H and O–H groups in total. The number of aryl methyl sites for hydroxylation is 1. The molecule has 5 nitrogen and oxygen atoms in total. The highest BCUT2D eigenvalue weighted by atomic mass is 16.5. The summed E-state index contributed by atoms with van der Waals surface area (Å²) in [5.41, 5.74) is 3.60. The maximum Gasteiger partial charge on any atom is 0.338 e. The summed E-state index contributed by atoms with van der Waals surface area (Å²) in [6.07, 6.45) is -0.193. The summed E-state index contributed by atoms with van der Waals surface area (Å²) in [4.78, 5) is 12.5. The number of fused-ring (bicyclic) bond motifs is 1. The van der Waals surface area contributed by atoms with Crippen LogP contribution in [0.1, 0.15) is 72.8 Å². The van der Waals surface area contributed by atoms with Crippen molar-refractivity contribution in [1.82, 2.24) is 0 Å². The first-order valence-electron chi connectivity index (χ1n) is 10.0. The van der Waals surface area contributed by atoms with Crippen molar-refractivity contribution in [3.63, 3.8) is 0 Å². The molecule has 0 saturated heterocycles. The predicted molar refractivity (Wildman–Crippen MR) is 114 cm³/mol. The Labute approximate surface area is 173 Å². The van der Waals surface area contributed by atoms with Crippen molar-refractivity contribution < 1.29 is 24.1 Å². The molecule has 1 aliphatic heterocycles. The highest BCUT2D eigenvalue weighted by Crippen LogP contribution is 2.39. The van der Waals surface area contributed by atoms with Gasteiger partial charge in [-0.15, -0.1) is 0 Å². The van der Waals surface area contributed by atoms with Crippen molar-refractivity contribution in [2.75, 3.05) is 7.11 Å². The molecule has 0 aliphatic carbocycles. The fourth-order valence-corrected chi connectivity index (χ4v) is 3.37. The predicted octanol–water partition coefficient (Wildman–Crippen LogP) is 5.29. The van der Waals surface area contributed by atoms with Gasteiger partial charge >= 0.3 is 5.97 Å². The van der Waals surface area contributed by atoms with Crippen LogP contribution in [0.5, 0.6) is 11.5 Å². The van der Waals surface area contributed by atoms with Crippen molar-refractivity contribution in [3.8, 4) is 11.5 Å². The lowest BCUT2D eigenvalue weighted by Crippen LogP contribution is -2.34. The minimum Gasteiger partial charge on any atom is -0.496 e. The second-order valence-corrected chi connectivity index (χ2v) is 7.65. The van der Waals surface area contributed by atoms with Gasteiger partial charge in [-0.3, -0.25) is 0 Å². The van der Waals surface area contributed by atoms with Crippen LogP contribution in [0, 0.1) is 13.8 Å². The van der Waals surface area contributed by atoms with Gasteiger partial charge in [-0.05, 0) is 68.7 Å². The molecule has 5 heteroatoms. The molecule has 0 spiro atoms. The molecule has 158 valence electrons. The number of hydrogen-bond acceptors (Lipinski definition) is 5. The fourth-order valence-electron chi connectivity index (χ4n) is 3.37. The van der Waals surface area contributed by atoms with E-state index in [-0.39, 0.29) is 6.61 Å². The molecule has 2 aromatic rings. The van der Waals surface area contributed by atoms with Crippen molar-refractivity contribution in [3.05, 3.63) is 58.1 Å². The van der Waals surface area contributed by atoms with Gasteiger partial charge in [0.25, 0.3) is 0 Å². The second kappa shape index (κ2) is 9.31. The molecule has 0 bridgehead atoms. The van der Waals surface area contributed by atoms with Crippen LogP contribution in [0.3, 0.4) is 0 Å². The zero-order chi connectivity index (χ0) is 21.8. The number of carbonyl (C=O) groups excluding carboxylic acids is 1. The summed E-state index contributed by atoms with van der Waals surface area (Å²) in [5, 5.41) is 10.4. The molecular weight excluding hydrogens is 368 g/mol. The summed E-state index contributed by atoms with van der Waals surface area (Å²) in [5.74, 6) is 0.943. The van der Waals surface area contributed by atoms with Gasteiger partial charge in [-0.2, -0.15) is 0 Å². The first-order chi connectivity index (χ1) is 13.7. The lowest BCUT2D eigenvalue weighted by atomic mass is 9.91. The Bertz CT molecular complexity index is 870. The number of ether oxygens (including phenoxy) is 3. The number of aliphatic hydroxyl groups is 1. The van der Waals surface area contributed by atoms with Gasteiger partial charge in [0.05, 0.1) is 18.8 Å². The summed E-state index contributed by atoms with van der Waals surface area (Å²) < 4.78 is 16.7. The number of methoxy groups -OCH3 is 1. The normalized spacial score (nSPS) is 16.6. The number of aliphatic hydroxyl groups excluding tert-OH is 1. The Kier molecular flexibility index (Phi) is 7.31. The Hall–Kier alpha value is -2.53. The number of carbonyl (C=O) groups is 1. The van der Waals surface area contributed by atoms with Crippen molar-refractivity contribution in [2.45, 2.75) is 66.3 Å². The van der Waals surface area contributed by atoms with E-state index in [1.165, 1.54) is 0 Å². The first-order valence-corrected chi connectivity index (χ1v) is 10.0. The van der Waals surface area contributed by atoms with E-state index in [2.05, 4.69) is 0 Å². The quantitative estimate of drug-likeness (QED) is 0.707. The van der Waals surface area contributed by atoms with Crippen LogP contribution in [0.15, 0.2) is 30.3 Å². The first kappa shape index (κ1) is 22.8. The molecule has 2 aromatic carbocycles. The average molecular weight is 401 g/mol. The topological polar surface area (TPSA) is 65.0 Å². The highest BCUT2D eigenvalue weighted by Gasteiger charge is 2.33. The van der Waals surface area contributed by atoms with Gasteiger partial charge in [0, 0.05) is 12.0 Å². The van der Waals surface area contributed by atoms with Crippen LogP contribution in [0.4, 0.5) is 0 Å². The minimum atomic E-state index is -0.666. The standard InChI is InChI=1S/C22H26O5.C2H6/c1-13-8-15(9-20(25-5)14(13)2)12-26-21(24)16-6-7-19-17(10-16)18(23)11-22(3,4)27-19;1-2/h6-10,18,23H,11-12H2,1-5H3;1-2H3. The summed E-state index contributed by atoms with van der Waals surface area (Å²) in [6, 6.07) is 8.89. The fraction of sp³-hybridized carbons (Fsp3) is 0.458. The maximum absolute atomic E-state index is 12.5. The number of rotatable bonds is 4. The number of benzene rings is 2. The van der Waals surface area contributed by atoms with E-state index in [4.69, 9.17) is 14.2 Å². The Morgan fingerprint density at radius 2 is 1.90 bits per heavy atom. The van der Waals surface area contributed by atoms with E-state index in [0.29, 0.717) is 23.3 Å². The minimum absolute atomic E-state index is 0.152. The maximum atomic E-state index is 12.5. The Morgan fingerprint density at radius 3 is 2.55 bits per heavy atom.